The van der Waals surface area contributed by atoms with Gasteiger partial charge in [0.05, 0.1) is 10.6 Å². The highest BCUT2D eigenvalue weighted by Gasteiger charge is 2.20. The van der Waals surface area contributed by atoms with Crippen LogP contribution in [-0.2, 0) is 27.7 Å². The Morgan fingerprint density at radius 2 is 2.08 bits per heavy atom. The summed E-state index contributed by atoms with van der Waals surface area (Å²) in [7, 11) is -3.76. The number of hydrogen-bond donors (Lipinski definition) is 2. The van der Waals surface area contributed by atoms with Crippen LogP contribution in [0.15, 0.2) is 29.2 Å². The Balaban J connectivity index is 1.51. The number of aryl methyl sites for hydroxylation is 1. The van der Waals surface area contributed by atoms with Crippen molar-refractivity contribution in [2.75, 3.05) is 11.9 Å². The molecule has 26 heavy (non-hydrogen) atoms. The highest BCUT2D eigenvalue weighted by atomic mass is 32.2. The van der Waals surface area contributed by atoms with Gasteiger partial charge in [-0.3, -0.25) is 4.79 Å². The van der Waals surface area contributed by atoms with Gasteiger partial charge in [0.2, 0.25) is 15.9 Å². The van der Waals surface area contributed by atoms with E-state index in [0.29, 0.717) is 11.0 Å². The van der Waals surface area contributed by atoms with Gasteiger partial charge in [-0.2, -0.15) is 0 Å². The number of nitrogens with zero attached hydrogens (tertiary/aromatic N) is 1. The molecule has 0 radical (unpaired) electrons. The summed E-state index contributed by atoms with van der Waals surface area (Å²) >= 11 is 1.49. The van der Waals surface area contributed by atoms with Gasteiger partial charge in [0.25, 0.3) is 0 Å². The summed E-state index contributed by atoms with van der Waals surface area (Å²) in [6.07, 6.45) is 3.01. The molecule has 3 rings (SSSR count). The van der Waals surface area contributed by atoms with Gasteiger partial charge < -0.3 is 5.32 Å². The fourth-order valence-corrected chi connectivity index (χ4v) is 4.99. The first-order chi connectivity index (χ1) is 12.3. The highest BCUT2D eigenvalue weighted by molar-refractivity contribution is 7.89. The van der Waals surface area contributed by atoms with Gasteiger partial charge in [0, 0.05) is 17.8 Å². The van der Waals surface area contributed by atoms with Gasteiger partial charge in [0.1, 0.15) is 5.82 Å². The molecule has 1 aliphatic carbocycles. The molecule has 140 valence electrons. The first-order valence-corrected chi connectivity index (χ1v) is 10.7. The van der Waals surface area contributed by atoms with Crippen molar-refractivity contribution in [2.45, 2.75) is 37.5 Å². The molecule has 1 unspecified atom stereocenters. The normalized spacial score (nSPS) is 16.9. The average Bonchev–Trinajstić information content (AvgIpc) is 2.96. The van der Waals surface area contributed by atoms with Gasteiger partial charge >= 0.3 is 0 Å². The molecule has 2 N–H and O–H groups in total. The third kappa shape index (κ3) is 4.66. The van der Waals surface area contributed by atoms with E-state index in [9.17, 15) is 17.6 Å². The van der Waals surface area contributed by atoms with Crippen LogP contribution in [0, 0.1) is 11.7 Å². The van der Waals surface area contributed by atoms with E-state index in [1.54, 1.807) is 0 Å². The van der Waals surface area contributed by atoms with E-state index < -0.39 is 15.8 Å². The average molecular weight is 397 g/mol. The van der Waals surface area contributed by atoms with E-state index in [4.69, 9.17) is 0 Å². The molecule has 2 aromatic rings. The Morgan fingerprint density at radius 3 is 2.81 bits per heavy atom. The van der Waals surface area contributed by atoms with Crippen LogP contribution in [0.4, 0.5) is 9.52 Å². The molecule has 0 fully saturated rings. The number of benzene rings is 1. The topological polar surface area (TPSA) is 88.2 Å². The number of aromatic nitrogens is 1. The number of fused-ring (bicyclic) bond motifs is 1. The number of thiazole rings is 1. The maximum absolute atomic E-state index is 12.9. The number of rotatable bonds is 6. The largest absolute Gasteiger partial charge is 0.302 e. The van der Waals surface area contributed by atoms with Crippen molar-refractivity contribution in [1.29, 1.82) is 0 Å². The standard InChI is InChI=1S/C17H20FN3O3S2/c1-11-2-7-14-15(10-11)25-17(20-14)21-16(22)8-9-19-26(23,24)13-5-3-12(18)4-6-13/h3-6,11,19H,2,7-10H2,1H3,(H,20,21,22). The molecule has 0 saturated carbocycles. The molecule has 6 nitrogen and oxygen atoms in total. The lowest BCUT2D eigenvalue weighted by molar-refractivity contribution is -0.116. The second-order valence-electron chi connectivity index (χ2n) is 6.39. The highest BCUT2D eigenvalue weighted by Crippen LogP contribution is 2.32. The SMILES string of the molecule is CC1CCc2nc(NC(=O)CCNS(=O)(=O)c3ccc(F)cc3)sc2C1. The maximum Gasteiger partial charge on any atom is 0.240 e. The summed E-state index contributed by atoms with van der Waals surface area (Å²) in [5.41, 5.74) is 1.06. The summed E-state index contributed by atoms with van der Waals surface area (Å²) < 4.78 is 39.4. The van der Waals surface area contributed by atoms with Crippen molar-refractivity contribution >= 4 is 32.4 Å². The minimum Gasteiger partial charge on any atom is -0.302 e. The molecule has 0 bridgehead atoms. The molecule has 9 heteroatoms. The minimum atomic E-state index is -3.76. The third-order valence-corrected chi connectivity index (χ3v) is 6.71. The van der Waals surface area contributed by atoms with Crippen molar-refractivity contribution in [3.8, 4) is 0 Å². The van der Waals surface area contributed by atoms with E-state index in [1.807, 2.05) is 0 Å². The summed E-state index contributed by atoms with van der Waals surface area (Å²) in [6, 6.07) is 4.51. The van der Waals surface area contributed by atoms with Gasteiger partial charge in [0.15, 0.2) is 5.13 Å². The lowest BCUT2D eigenvalue weighted by atomic mass is 9.93. The van der Waals surface area contributed by atoms with Crippen LogP contribution in [0.2, 0.25) is 0 Å². The van der Waals surface area contributed by atoms with Gasteiger partial charge in [-0.25, -0.2) is 22.5 Å². The van der Waals surface area contributed by atoms with Crippen LogP contribution in [0.1, 0.15) is 30.3 Å². The van der Waals surface area contributed by atoms with E-state index in [1.165, 1.54) is 28.3 Å². The van der Waals surface area contributed by atoms with Crippen LogP contribution < -0.4 is 10.0 Å². The van der Waals surface area contributed by atoms with Crippen molar-refractivity contribution in [3.63, 3.8) is 0 Å². The van der Waals surface area contributed by atoms with Crippen molar-refractivity contribution in [3.05, 3.63) is 40.7 Å². The second kappa shape index (κ2) is 7.81. The van der Waals surface area contributed by atoms with Gasteiger partial charge in [-0.05, 0) is 49.4 Å². The first kappa shape index (κ1) is 18.9. The van der Waals surface area contributed by atoms with Gasteiger partial charge in [-0.15, -0.1) is 11.3 Å². The number of amides is 1. The number of carbonyl (C=O) groups excluding carboxylic acids is 1. The summed E-state index contributed by atoms with van der Waals surface area (Å²) in [5.74, 6) is -0.179. The van der Waals surface area contributed by atoms with Crippen LogP contribution in [-0.4, -0.2) is 25.9 Å². The van der Waals surface area contributed by atoms with E-state index in [2.05, 4.69) is 21.9 Å². The monoisotopic (exact) mass is 397 g/mol. The van der Waals surface area contributed by atoms with Gasteiger partial charge in [-0.1, -0.05) is 6.92 Å². The van der Waals surface area contributed by atoms with Crippen LogP contribution >= 0.6 is 11.3 Å². The third-order valence-electron chi connectivity index (χ3n) is 4.20. The Kier molecular flexibility index (Phi) is 5.69. The number of halogens is 1. The van der Waals surface area contributed by atoms with E-state index in [-0.39, 0.29) is 23.8 Å². The van der Waals surface area contributed by atoms with Crippen LogP contribution in [0.3, 0.4) is 0 Å². The number of hydrogen-bond acceptors (Lipinski definition) is 5. The number of carbonyl (C=O) groups is 1. The number of nitrogens with one attached hydrogen (secondary N) is 2. The fourth-order valence-electron chi connectivity index (χ4n) is 2.77. The Labute approximate surface area is 155 Å². The van der Waals surface area contributed by atoms with E-state index in [0.717, 1.165) is 37.1 Å². The molecule has 1 heterocycles. The quantitative estimate of drug-likeness (QED) is 0.784. The molecular formula is C17H20FN3O3S2. The molecular weight excluding hydrogens is 377 g/mol. The van der Waals surface area contributed by atoms with Crippen molar-refractivity contribution < 1.29 is 17.6 Å². The zero-order valence-corrected chi connectivity index (χ0v) is 15.9. The Morgan fingerprint density at radius 1 is 1.35 bits per heavy atom. The van der Waals surface area contributed by atoms with Crippen molar-refractivity contribution in [2.24, 2.45) is 5.92 Å². The smallest absolute Gasteiger partial charge is 0.240 e. The molecule has 0 saturated heterocycles. The zero-order valence-electron chi connectivity index (χ0n) is 14.3. The second-order valence-corrected chi connectivity index (χ2v) is 9.24. The molecule has 1 amide bonds. The molecule has 1 atom stereocenters. The molecule has 1 aromatic carbocycles. The summed E-state index contributed by atoms with van der Waals surface area (Å²) in [6.45, 7) is 2.15. The fraction of sp³-hybridized carbons (Fsp3) is 0.412. The Hall–Kier alpha value is -1.84. The number of sulfonamides is 1. The predicted octanol–water partition coefficient (Wildman–Crippen LogP) is 2.71. The lowest BCUT2D eigenvalue weighted by Crippen LogP contribution is -2.27. The van der Waals surface area contributed by atoms with Crippen LogP contribution in [0.25, 0.3) is 0 Å². The molecule has 0 aliphatic heterocycles. The minimum absolute atomic E-state index is 0.0128. The van der Waals surface area contributed by atoms with Crippen LogP contribution in [0.5, 0.6) is 0 Å². The summed E-state index contributed by atoms with van der Waals surface area (Å²) in [4.78, 5) is 17.7. The maximum atomic E-state index is 12.9. The molecule has 0 spiro atoms. The molecule has 1 aromatic heterocycles. The molecule has 1 aliphatic rings. The lowest BCUT2D eigenvalue weighted by Gasteiger charge is -2.15. The first-order valence-electron chi connectivity index (χ1n) is 8.37. The van der Waals surface area contributed by atoms with Crippen molar-refractivity contribution in [1.82, 2.24) is 9.71 Å². The zero-order chi connectivity index (χ0) is 18.7. The predicted molar refractivity (Wildman–Crippen MR) is 98.1 cm³/mol. The summed E-state index contributed by atoms with van der Waals surface area (Å²) in [5, 5.41) is 3.30. The number of anilines is 1. The van der Waals surface area contributed by atoms with E-state index >= 15 is 0 Å². The Bertz CT molecular complexity index is 894.